The molecule has 0 saturated carbocycles. The van der Waals surface area contributed by atoms with Gasteiger partial charge in [-0.15, -0.1) is 0 Å². The summed E-state index contributed by atoms with van der Waals surface area (Å²) in [5.74, 6) is -0.108. The summed E-state index contributed by atoms with van der Waals surface area (Å²) < 4.78 is 5.98. The zero-order chi connectivity index (χ0) is 15.3. The quantitative estimate of drug-likeness (QED) is 0.747. The summed E-state index contributed by atoms with van der Waals surface area (Å²) in [4.78, 5) is 14.4. The first kappa shape index (κ1) is 16.0. The van der Waals surface area contributed by atoms with E-state index < -0.39 is 5.60 Å². The molecule has 0 amide bonds. The van der Waals surface area contributed by atoms with Gasteiger partial charge in [-0.25, -0.2) is 0 Å². The molecular formula is C18H27NO2. The van der Waals surface area contributed by atoms with Crippen molar-refractivity contribution in [2.75, 3.05) is 13.1 Å². The van der Waals surface area contributed by atoms with Crippen molar-refractivity contribution in [1.82, 2.24) is 4.90 Å². The molecule has 1 fully saturated rings. The number of hydrogen-bond acceptors (Lipinski definition) is 3. The van der Waals surface area contributed by atoms with E-state index in [4.69, 9.17) is 4.74 Å². The number of nitrogens with zero attached hydrogens (tertiary/aromatic N) is 1. The van der Waals surface area contributed by atoms with E-state index in [9.17, 15) is 4.79 Å². The Hall–Kier alpha value is -1.35. The molecule has 0 unspecified atom stereocenters. The molecule has 0 aliphatic carbocycles. The van der Waals surface area contributed by atoms with Crippen LogP contribution in [-0.4, -0.2) is 30.0 Å². The van der Waals surface area contributed by atoms with Crippen molar-refractivity contribution in [2.24, 2.45) is 0 Å². The number of rotatable bonds is 6. The second kappa shape index (κ2) is 7.08. The second-order valence-corrected chi connectivity index (χ2v) is 5.90. The molecule has 1 aliphatic heterocycles. The van der Waals surface area contributed by atoms with Gasteiger partial charge in [0, 0.05) is 19.4 Å². The van der Waals surface area contributed by atoms with Gasteiger partial charge in [-0.1, -0.05) is 50.6 Å². The molecule has 0 N–H and O–H groups in total. The zero-order valence-corrected chi connectivity index (χ0v) is 13.5. The van der Waals surface area contributed by atoms with Crippen molar-refractivity contribution in [2.45, 2.75) is 58.1 Å². The van der Waals surface area contributed by atoms with Crippen LogP contribution in [0.4, 0.5) is 0 Å². The van der Waals surface area contributed by atoms with Gasteiger partial charge in [-0.2, -0.15) is 0 Å². The highest BCUT2D eigenvalue weighted by molar-refractivity contribution is 5.70. The Kier molecular flexibility index (Phi) is 5.40. The predicted molar refractivity (Wildman–Crippen MR) is 85.1 cm³/mol. The van der Waals surface area contributed by atoms with Gasteiger partial charge in [-0.3, -0.25) is 9.69 Å². The van der Waals surface area contributed by atoms with Crippen LogP contribution in [0.2, 0.25) is 0 Å². The normalized spacial score (nSPS) is 26.0. The molecule has 2 atom stereocenters. The second-order valence-electron chi connectivity index (χ2n) is 5.90. The fourth-order valence-corrected chi connectivity index (χ4v) is 3.25. The van der Waals surface area contributed by atoms with Gasteiger partial charge in [0.05, 0.1) is 6.04 Å². The third-order valence-electron chi connectivity index (χ3n) is 4.64. The maximum absolute atomic E-state index is 12.0. The van der Waals surface area contributed by atoms with Gasteiger partial charge in [0.1, 0.15) is 0 Å². The summed E-state index contributed by atoms with van der Waals surface area (Å²) in [5, 5.41) is 0. The molecule has 0 radical (unpaired) electrons. The van der Waals surface area contributed by atoms with Crippen LogP contribution in [0.1, 0.15) is 52.0 Å². The molecule has 1 heterocycles. The zero-order valence-electron chi connectivity index (χ0n) is 13.5. The fraction of sp³-hybridized carbons (Fsp3) is 0.611. The maximum Gasteiger partial charge on any atom is 0.306 e. The molecule has 116 valence electrons. The Balaban J connectivity index is 2.27. The molecule has 21 heavy (non-hydrogen) atoms. The number of likely N-dealkylation sites (tertiary alicyclic amines) is 1. The van der Waals surface area contributed by atoms with Gasteiger partial charge in [0.25, 0.3) is 0 Å². The van der Waals surface area contributed by atoms with Crippen molar-refractivity contribution in [1.29, 1.82) is 0 Å². The van der Waals surface area contributed by atoms with E-state index in [0.29, 0.717) is 6.42 Å². The number of carbonyl (C=O) groups excluding carboxylic acids is 1. The summed E-state index contributed by atoms with van der Waals surface area (Å²) in [6, 6.07) is 10.5. The highest BCUT2D eigenvalue weighted by Gasteiger charge is 2.48. The highest BCUT2D eigenvalue weighted by Crippen LogP contribution is 2.41. The Bertz CT molecular complexity index is 460. The van der Waals surface area contributed by atoms with E-state index in [1.807, 2.05) is 25.1 Å². The van der Waals surface area contributed by atoms with Crippen molar-refractivity contribution < 1.29 is 9.53 Å². The summed E-state index contributed by atoms with van der Waals surface area (Å²) in [7, 11) is 0. The number of carbonyl (C=O) groups is 1. The van der Waals surface area contributed by atoms with Gasteiger partial charge in [0.2, 0.25) is 0 Å². The standard InChI is InChI=1S/C18H27NO2/c1-4-6-13-19-14-12-18(15(19)3,21-17(20)5-2)16-10-8-7-9-11-16/h7-11,15H,4-6,12-14H2,1-3H3/t15-,18-/m1/s1. The monoisotopic (exact) mass is 289 g/mol. The number of hydrogen-bond donors (Lipinski definition) is 0. The van der Waals surface area contributed by atoms with Crippen molar-refractivity contribution in [3.8, 4) is 0 Å². The Morgan fingerprint density at radius 3 is 2.67 bits per heavy atom. The minimum Gasteiger partial charge on any atom is -0.452 e. The molecule has 1 saturated heterocycles. The van der Waals surface area contributed by atoms with Gasteiger partial charge in [0.15, 0.2) is 5.60 Å². The lowest BCUT2D eigenvalue weighted by Gasteiger charge is -2.36. The van der Waals surface area contributed by atoms with Gasteiger partial charge in [-0.05, 0) is 25.5 Å². The number of benzene rings is 1. The van der Waals surface area contributed by atoms with Gasteiger partial charge >= 0.3 is 5.97 Å². The molecule has 3 heteroatoms. The Morgan fingerprint density at radius 2 is 2.05 bits per heavy atom. The first-order chi connectivity index (χ1) is 10.1. The van der Waals surface area contributed by atoms with E-state index in [1.165, 1.54) is 12.8 Å². The predicted octanol–water partition coefficient (Wildman–Crippen LogP) is 3.73. The van der Waals surface area contributed by atoms with E-state index >= 15 is 0 Å². The van der Waals surface area contributed by atoms with Crippen LogP contribution in [0.15, 0.2) is 30.3 Å². The van der Waals surface area contributed by atoms with Gasteiger partial charge < -0.3 is 4.74 Å². The van der Waals surface area contributed by atoms with Crippen LogP contribution >= 0.6 is 0 Å². The molecule has 1 aliphatic rings. The largest absolute Gasteiger partial charge is 0.452 e. The smallest absolute Gasteiger partial charge is 0.306 e. The minimum absolute atomic E-state index is 0.108. The fourth-order valence-electron chi connectivity index (χ4n) is 3.25. The Morgan fingerprint density at radius 1 is 1.33 bits per heavy atom. The summed E-state index contributed by atoms with van der Waals surface area (Å²) in [5.41, 5.74) is 0.639. The number of esters is 1. The average molecular weight is 289 g/mol. The molecule has 0 bridgehead atoms. The first-order valence-corrected chi connectivity index (χ1v) is 8.15. The summed E-state index contributed by atoms with van der Waals surface area (Å²) in [6.45, 7) is 8.33. The van der Waals surface area contributed by atoms with Crippen molar-refractivity contribution in [3.05, 3.63) is 35.9 Å². The number of unbranched alkanes of at least 4 members (excludes halogenated alkanes) is 1. The summed E-state index contributed by atoms with van der Waals surface area (Å²) >= 11 is 0. The maximum atomic E-state index is 12.0. The van der Waals surface area contributed by atoms with Crippen LogP contribution in [0.5, 0.6) is 0 Å². The van der Waals surface area contributed by atoms with E-state index in [-0.39, 0.29) is 12.0 Å². The lowest BCUT2D eigenvalue weighted by atomic mass is 9.86. The van der Waals surface area contributed by atoms with E-state index in [1.54, 1.807) is 0 Å². The lowest BCUT2D eigenvalue weighted by Crippen LogP contribution is -2.44. The molecule has 3 nitrogen and oxygen atoms in total. The lowest BCUT2D eigenvalue weighted by molar-refractivity contribution is -0.163. The third kappa shape index (κ3) is 3.29. The molecule has 2 rings (SSSR count). The molecule has 1 aromatic rings. The SMILES string of the molecule is CCCCN1CC[C@](OC(=O)CC)(c2ccccc2)[C@H]1C. The van der Waals surface area contributed by atoms with Crippen LogP contribution in [-0.2, 0) is 15.1 Å². The minimum atomic E-state index is -0.484. The van der Waals surface area contributed by atoms with Crippen molar-refractivity contribution in [3.63, 3.8) is 0 Å². The van der Waals surface area contributed by atoms with Crippen LogP contribution in [0.3, 0.4) is 0 Å². The Labute approximate surface area is 128 Å². The molecule has 1 aromatic carbocycles. The molecular weight excluding hydrogens is 262 g/mol. The van der Waals surface area contributed by atoms with Crippen molar-refractivity contribution >= 4 is 5.97 Å². The average Bonchev–Trinajstić information content (AvgIpc) is 2.83. The molecule has 0 spiro atoms. The van der Waals surface area contributed by atoms with Crippen LogP contribution in [0, 0.1) is 0 Å². The molecule has 0 aromatic heterocycles. The summed E-state index contributed by atoms with van der Waals surface area (Å²) in [6.07, 6.45) is 3.69. The van der Waals surface area contributed by atoms with E-state index in [0.717, 1.165) is 25.1 Å². The highest BCUT2D eigenvalue weighted by atomic mass is 16.6. The van der Waals surface area contributed by atoms with Crippen LogP contribution in [0.25, 0.3) is 0 Å². The number of ether oxygens (including phenoxy) is 1. The first-order valence-electron chi connectivity index (χ1n) is 8.15. The van der Waals surface area contributed by atoms with Crippen LogP contribution < -0.4 is 0 Å². The van der Waals surface area contributed by atoms with E-state index in [2.05, 4.69) is 30.9 Å². The third-order valence-corrected chi connectivity index (χ3v) is 4.64. The topological polar surface area (TPSA) is 29.5 Å².